The van der Waals surface area contributed by atoms with Gasteiger partial charge in [0.2, 0.25) is 11.5 Å². The minimum Gasteiger partial charge on any atom is -0.493 e. The number of methoxy groups -OCH3 is 3. The summed E-state index contributed by atoms with van der Waals surface area (Å²) in [7, 11) is 4.50. The highest BCUT2D eigenvalue weighted by atomic mass is 16.7. The van der Waals surface area contributed by atoms with Crippen LogP contribution in [0.1, 0.15) is 29.6 Å². The lowest BCUT2D eigenvalue weighted by Gasteiger charge is -2.21. The average Bonchev–Trinajstić information content (AvgIpc) is 2.64. The number of rotatable bonds is 6. The van der Waals surface area contributed by atoms with Gasteiger partial charge < -0.3 is 23.7 Å². The molecule has 6 heteroatoms. The fourth-order valence-corrected chi connectivity index (χ4v) is 2.38. The molecule has 1 aromatic carbocycles. The lowest BCUT2D eigenvalue weighted by atomic mass is 10.1. The molecule has 24 heavy (non-hydrogen) atoms. The van der Waals surface area contributed by atoms with Gasteiger partial charge in [-0.05, 0) is 37.3 Å². The number of hydrogen-bond donors (Lipinski definition) is 0. The molecule has 1 aliphatic heterocycles. The second-order valence-corrected chi connectivity index (χ2v) is 5.15. The highest BCUT2D eigenvalue weighted by Gasteiger charge is 2.16. The Morgan fingerprint density at radius 1 is 1.17 bits per heavy atom. The summed E-state index contributed by atoms with van der Waals surface area (Å²) >= 11 is 0. The Labute approximate surface area is 142 Å². The molecule has 1 heterocycles. The lowest BCUT2D eigenvalue weighted by molar-refractivity contribution is -0.154. The molecule has 1 aliphatic rings. The van der Waals surface area contributed by atoms with Crippen LogP contribution in [0.2, 0.25) is 0 Å². The van der Waals surface area contributed by atoms with Crippen LogP contribution in [0.5, 0.6) is 17.2 Å². The van der Waals surface area contributed by atoms with E-state index in [0.29, 0.717) is 29.4 Å². The Morgan fingerprint density at radius 3 is 2.42 bits per heavy atom. The molecule has 1 fully saturated rings. The standard InChI is InChI=1S/C18H22O6/c1-20-15-11-13(12-16(21-2)18(15)22-3)14(19)7-6-10-24-17-8-4-5-9-23-17/h11-12,17H,4-5,8-10H2,1-3H3. The highest BCUT2D eigenvalue weighted by molar-refractivity contribution is 6.09. The zero-order valence-corrected chi connectivity index (χ0v) is 14.2. The first-order valence-corrected chi connectivity index (χ1v) is 7.76. The van der Waals surface area contributed by atoms with Crippen molar-refractivity contribution in [3.8, 4) is 29.1 Å². The fraction of sp³-hybridized carbons (Fsp3) is 0.500. The van der Waals surface area contributed by atoms with Crippen molar-refractivity contribution in [3.63, 3.8) is 0 Å². The van der Waals surface area contributed by atoms with Gasteiger partial charge in [-0.3, -0.25) is 4.79 Å². The summed E-state index contributed by atoms with van der Waals surface area (Å²) in [5, 5.41) is 0. The fourth-order valence-electron chi connectivity index (χ4n) is 2.38. The van der Waals surface area contributed by atoms with E-state index in [2.05, 4.69) is 11.8 Å². The molecule has 0 aromatic heterocycles. The van der Waals surface area contributed by atoms with Crippen LogP contribution in [0, 0.1) is 11.8 Å². The van der Waals surface area contributed by atoms with E-state index in [1.807, 2.05) is 0 Å². The molecule has 1 atom stereocenters. The first-order valence-electron chi connectivity index (χ1n) is 7.76. The highest BCUT2D eigenvalue weighted by Crippen LogP contribution is 2.38. The topological polar surface area (TPSA) is 63.2 Å². The summed E-state index contributed by atoms with van der Waals surface area (Å²) in [4.78, 5) is 12.2. The van der Waals surface area contributed by atoms with Gasteiger partial charge in [0.05, 0.1) is 21.3 Å². The largest absolute Gasteiger partial charge is 0.493 e. The first-order chi connectivity index (χ1) is 11.7. The molecule has 2 rings (SSSR count). The maximum atomic E-state index is 12.2. The third-order valence-electron chi connectivity index (χ3n) is 3.61. The van der Waals surface area contributed by atoms with Crippen LogP contribution in [0.3, 0.4) is 0 Å². The molecule has 0 spiro atoms. The molecule has 1 aromatic rings. The second-order valence-electron chi connectivity index (χ2n) is 5.15. The molecule has 0 bridgehead atoms. The molecule has 0 radical (unpaired) electrons. The minimum absolute atomic E-state index is 0.154. The maximum absolute atomic E-state index is 12.2. The SMILES string of the molecule is COc1cc(C(=O)C#CCOC2CCCCO2)cc(OC)c1OC. The summed E-state index contributed by atoms with van der Waals surface area (Å²) in [5.41, 5.74) is 0.367. The molecule has 6 nitrogen and oxygen atoms in total. The summed E-state index contributed by atoms with van der Waals surface area (Å²) in [6.07, 6.45) is 2.79. The van der Waals surface area contributed by atoms with Crippen molar-refractivity contribution in [2.24, 2.45) is 0 Å². The molecule has 1 unspecified atom stereocenters. The Balaban J connectivity index is 2.02. The van der Waals surface area contributed by atoms with Crippen LogP contribution < -0.4 is 14.2 Å². The zero-order chi connectivity index (χ0) is 17.4. The van der Waals surface area contributed by atoms with Gasteiger partial charge in [0.25, 0.3) is 0 Å². The van der Waals surface area contributed by atoms with E-state index < -0.39 is 0 Å². The van der Waals surface area contributed by atoms with Crippen molar-refractivity contribution in [2.75, 3.05) is 34.5 Å². The minimum atomic E-state index is -0.345. The van der Waals surface area contributed by atoms with Crippen LogP contribution in [0.25, 0.3) is 0 Å². The molecule has 0 N–H and O–H groups in total. The van der Waals surface area contributed by atoms with Crippen LogP contribution in [0.15, 0.2) is 12.1 Å². The van der Waals surface area contributed by atoms with E-state index in [1.54, 1.807) is 12.1 Å². The van der Waals surface area contributed by atoms with Crippen molar-refractivity contribution in [1.82, 2.24) is 0 Å². The number of ether oxygens (including phenoxy) is 5. The first kappa shape index (κ1) is 18.1. The van der Waals surface area contributed by atoms with Crippen molar-refractivity contribution >= 4 is 5.78 Å². The Morgan fingerprint density at radius 2 is 1.88 bits per heavy atom. The number of hydrogen-bond acceptors (Lipinski definition) is 6. The van der Waals surface area contributed by atoms with Gasteiger partial charge in [-0.15, -0.1) is 0 Å². The summed E-state index contributed by atoms with van der Waals surface area (Å²) in [6, 6.07) is 3.15. The van der Waals surface area contributed by atoms with Crippen molar-refractivity contribution in [2.45, 2.75) is 25.6 Å². The lowest BCUT2D eigenvalue weighted by Crippen LogP contribution is -2.22. The van der Waals surface area contributed by atoms with Crippen LogP contribution in [0.4, 0.5) is 0 Å². The Bertz CT molecular complexity index is 597. The normalized spacial score (nSPS) is 16.7. The van der Waals surface area contributed by atoms with Crippen molar-refractivity contribution in [3.05, 3.63) is 17.7 Å². The van der Waals surface area contributed by atoms with Gasteiger partial charge >= 0.3 is 0 Å². The summed E-state index contributed by atoms with van der Waals surface area (Å²) in [5.74, 6) is 6.19. The van der Waals surface area contributed by atoms with E-state index >= 15 is 0 Å². The molecule has 1 saturated heterocycles. The third-order valence-corrected chi connectivity index (χ3v) is 3.61. The van der Waals surface area contributed by atoms with Crippen LogP contribution in [-0.2, 0) is 9.47 Å². The van der Waals surface area contributed by atoms with E-state index in [-0.39, 0.29) is 18.7 Å². The molecule has 0 amide bonds. The van der Waals surface area contributed by atoms with E-state index in [1.165, 1.54) is 21.3 Å². The van der Waals surface area contributed by atoms with Gasteiger partial charge in [-0.25, -0.2) is 0 Å². The van der Waals surface area contributed by atoms with Gasteiger partial charge in [-0.2, -0.15) is 0 Å². The number of ketones is 1. The monoisotopic (exact) mass is 334 g/mol. The smallest absolute Gasteiger partial charge is 0.236 e. The zero-order valence-electron chi connectivity index (χ0n) is 14.2. The van der Waals surface area contributed by atoms with Crippen LogP contribution in [-0.4, -0.2) is 46.6 Å². The summed E-state index contributed by atoms with van der Waals surface area (Å²) in [6.45, 7) is 0.864. The average molecular weight is 334 g/mol. The van der Waals surface area contributed by atoms with Gasteiger partial charge in [0, 0.05) is 12.2 Å². The summed E-state index contributed by atoms with van der Waals surface area (Å²) < 4.78 is 26.6. The molecule has 0 saturated carbocycles. The number of Topliss-reactive ketones (excluding diaryl/α,β-unsaturated/α-hetero) is 1. The third kappa shape index (κ3) is 4.63. The van der Waals surface area contributed by atoms with Gasteiger partial charge in [0.1, 0.15) is 6.61 Å². The van der Waals surface area contributed by atoms with Crippen LogP contribution >= 0.6 is 0 Å². The Hall–Kier alpha value is -2.23. The molecule has 130 valence electrons. The van der Waals surface area contributed by atoms with Gasteiger partial charge in [0.15, 0.2) is 17.8 Å². The molecular weight excluding hydrogens is 312 g/mol. The molecule has 0 aliphatic carbocycles. The molecular formula is C18H22O6. The second kappa shape index (κ2) is 9.16. The maximum Gasteiger partial charge on any atom is 0.236 e. The predicted molar refractivity (Wildman–Crippen MR) is 87.7 cm³/mol. The van der Waals surface area contributed by atoms with E-state index in [4.69, 9.17) is 23.7 Å². The number of carbonyl (C=O) groups excluding carboxylic acids is 1. The number of carbonyl (C=O) groups is 1. The van der Waals surface area contributed by atoms with E-state index in [9.17, 15) is 4.79 Å². The van der Waals surface area contributed by atoms with E-state index in [0.717, 1.165) is 19.3 Å². The Kier molecular flexibility index (Phi) is 6.91. The number of benzene rings is 1. The quantitative estimate of drug-likeness (QED) is 0.452. The van der Waals surface area contributed by atoms with Crippen molar-refractivity contribution in [1.29, 1.82) is 0 Å². The van der Waals surface area contributed by atoms with Crippen molar-refractivity contribution < 1.29 is 28.5 Å². The van der Waals surface area contributed by atoms with Gasteiger partial charge in [-0.1, -0.05) is 5.92 Å². The predicted octanol–water partition coefficient (Wildman–Crippen LogP) is 2.44.